The lowest BCUT2D eigenvalue weighted by Crippen LogP contribution is -2.38. The first-order chi connectivity index (χ1) is 14.9. The van der Waals surface area contributed by atoms with Gasteiger partial charge in [-0.2, -0.15) is 4.31 Å². The number of aromatic nitrogens is 1. The van der Waals surface area contributed by atoms with E-state index in [1.807, 2.05) is 0 Å². The number of para-hydroxylation sites is 3. The van der Waals surface area contributed by atoms with E-state index in [0.717, 1.165) is 32.1 Å². The Morgan fingerprint density at radius 2 is 1.77 bits per heavy atom. The van der Waals surface area contributed by atoms with E-state index in [1.165, 1.54) is 14.9 Å². The van der Waals surface area contributed by atoms with Crippen molar-refractivity contribution in [1.29, 1.82) is 0 Å². The third-order valence-electron chi connectivity index (χ3n) is 5.78. The molecule has 1 N–H and O–H groups in total. The van der Waals surface area contributed by atoms with E-state index < -0.39 is 21.7 Å². The fourth-order valence-electron chi connectivity index (χ4n) is 4.09. The van der Waals surface area contributed by atoms with Crippen LogP contribution in [0.3, 0.4) is 0 Å². The third-order valence-corrected chi connectivity index (χ3v) is 7.75. The minimum Gasteiger partial charge on any atom is -0.408 e. The summed E-state index contributed by atoms with van der Waals surface area (Å²) in [7, 11) is -2.19. The molecule has 1 heterocycles. The normalized spacial score (nSPS) is 15.4. The Hall–Kier alpha value is -2.91. The molecule has 164 valence electrons. The monoisotopic (exact) mass is 443 g/mol. The van der Waals surface area contributed by atoms with Crippen LogP contribution in [0, 0.1) is 0 Å². The zero-order chi connectivity index (χ0) is 22.0. The van der Waals surface area contributed by atoms with E-state index in [9.17, 15) is 18.0 Å². The molecule has 0 saturated heterocycles. The maximum atomic E-state index is 13.3. The first-order valence-electron chi connectivity index (χ1n) is 10.3. The number of amides is 1. The van der Waals surface area contributed by atoms with Gasteiger partial charge >= 0.3 is 5.76 Å². The number of nitrogens with zero attached hydrogens (tertiary/aromatic N) is 2. The molecule has 1 amide bonds. The lowest BCUT2D eigenvalue weighted by Gasteiger charge is -2.30. The highest BCUT2D eigenvalue weighted by atomic mass is 32.2. The van der Waals surface area contributed by atoms with E-state index in [0.29, 0.717) is 11.1 Å². The molecule has 1 fully saturated rings. The maximum Gasteiger partial charge on any atom is 0.420 e. The van der Waals surface area contributed by atoms with E-state index in [-0.39, 0.29) is 23.2 Å². The van der Waals surface area contributed by atoms with Gasteiger partial charge in [0, 0.05) is 13.1 Å². The van der Waals surface area contributed by atoms with Crippen LogP contribution in [0.1, 0.15) is 32.1 Å². The van der Waals surface area contributed by atoms with Crippen LogP contribution in [-0.4, -0.2) is 36.3 Å². The summed E-state index contributed by atoms with van der Waals surface area (Å²) in [5.74, 6) is -1.16. The summed E-state index contributed by atoms with van der Waals surface area (Å²) in [5, 5.41) is 2.66. The van der Waals surface area contributed by atoms with Crippen LogP contribution in [0.25, 0.3) is 11.1 Å². The van der Waals surface area contributed by atoms with Gasteiger partial charge in [0.1, 0.15) is 11.4 Å². The Labute approximate surface area is 180 Å². The molecule has 0 bridgehead atoms. The van der Waals surface area contributed by atoms with Gasteiger partial charge in [-0.05, 0) is 37.1 Å². The predicted molar refractivity (Wildman–Crippen MR) is 117 cm³/mol. The lowest BCUT2D eigenvalue weighted by atomic mass is 9.96. The quantitative estimate of drug-likeness (QED) is 0.630. The van der Waals surface area contributed by atoms with Gasteiger partial charge in [-0.1, -0.05) is 43.5 Å². The molecule has 31 heavy (non-hydrogen) atoms. The standard InChI is InChI=1S/C22H25N3O5S/c1-24(16-9-3-2-4-10-16)31(28,29)20-14-8-5-11-17(20)23-21(26)15-25-18-12-6-7-13-19(18)30-22(25)27/h5-8,11-14,16H,2-4,9-10,15H2,1H3,(H,23,26). The third kappa shape index (κ3) is 4.28. The largest absolute Gasteiger partial charge is 0.420 e. The van der Waals surface area contributed by atoms with Crippen LogP contribution >= 0.6 is 0 Å². The van der Waals surface area contributed by atoms with Gasteiger partial charge in [0.2, 0.25) is 15.9 Å². The molecule has 1 saturated carbocycles. The van der Waals surface area contributed by atoms with E-state index in [2.05, 4.69) is 5.32 Å². The minimum atomic E-state index is -3.79. The van der Waals surface area contributed by atoms with E-state index in [1.54, 1.807) is 49.5 Å². The van der Waals surface area contributed by atoms with Gasteiger partial charge in [-0.15, -0.1) is 0 Å². The number of nitrogens with one attached hydrogen (secondary N) is 1. The van der Waals surface area contributed by atoms with Gasteiger partial charge < -0.3 is 9.73 Å². The number of hydrogen-bond acceptors (Lipinski definition) is 5. The average molecular weight is 444 g/mol. The topological polar surface area (TPSA) is 102 Å². The molecule has 0 atom stereocenters. The van der Waals surface area contributed by atoms with Crippen LogP contribution in [0.2, 0.25) is 0 Å². The molecular formula is C22H25N3O5S. The van der Waals surface area contributed by atoms with Crippen molar-refractivity contribution in [2.45, 2.75) is 49.6 Å². The summed E-state index contributed by atoms with van der Waals surface area (Å²) in [5.41, 5.74) is 1.08. The second-order valence-corrected chi connectivity index (χ2v) is 9.75. The predicted octanol–water partition coefficient (Wildman–Crippen LogP) is 3.19. The van der Waals surface area contributed by atoms with E-state index >= 15 is 0 Å². The van der Waals surface area contributed by atoms with Crippen LogP contribution in [0.15, 0.2) is 62.6 Å². The van der Waals surface area contributed by atoms with E-state index in [4.69, 9.17) is 4.42 Å². The van der Waals surface area contributed by atoms with Gasteiger partial charge in [-0.3, -0.25) is 9.36 Å². The van der Waals surface area contributed by atoms with Crippen molar-refractivity contribution < 1.29 is 17.6 Å². The van der Waals surface area contributed by atoms with Crippen molar-refractivity contribution in [3.63, 3.8) is 0 Å². The first-order valence-corrected chi connectivity index (χ1v) is 11.8. The zero-order valence-corrected chi connectivity index (χ0v) is 18.1. The van der Waals surface area contributed by atoms with Crippen LogP contribution in [-0.2, 0) is 21.4 Å². The van der Waals surface area contributed by atoms with Crippen molar-refractivity contribution in [1.82, 2.24) is 8.87 Å². The number of rotatable bonds is 6. The van der Waals surface area contributed by atoms with Gasteiger partial charge in [0.05, 0.1) is 11.2 Å². The molecule has 1 aliphatic rings. The Bertz CT molecular complexity index is 1260. The minimum absolute atomic E-state index is 0.0424. The Morgan fingerprint density at radius 1 is 1.10 bits per heavy atom. The molecule has 1 aliphatic carbocycles. The molecule has 0 unspecified atom stereocenters. The number of hydrogen-bond donors (Lipinski definition) is 1. The SMILES string of the molecule is CN(C1CCCCC1)S(=O)(=O)c1ccccc1NC(=O)Cn1c(=O)oc2ccccc21. The highest BCUT2D eigenvalue weighted by Gasteiger charge is 2.31. The Morgan fingerprint density at radius 3 is 2.55 bits per heavy atom. The second-order valence-electron chi connectivity index (χ2n) is 7.78. The number of benzene rings is 2. The lowest BCUT2D eigenvalue weighted by molar-refractivity contribution is -0.116. The van der Waals surface area contributed by atoms with Crippen molar-refractivity contribution in [2.75, 3.05) is 12.4 Å². The van der Waals surface area contributed by atoms with Gasteiger partial charge in [-0.25, -0.2) is 13.2 Å². The van der Waals surface area contributed by atoms with Crippen LogP contribution in [0.5, 0.6) is 0 Å². The molecular weight excluding hydrogens is 418 g/mol. The molecule has 1 aromatic heterocycles. The molecule has 0 spiro atoms. The zero-order valence-electron chi connectivity index (χ0n) is 17.3. The summed E-state index contributed by atoms with van der Waals surface area (Å²) < 4.78 is 34.4. The molecule has 3 aromatic rings. The smallest absolute Gasteiger partial charge is 0.408 e. The summed E-state index contributed by atoms with van der Waals surface area (Å²) >= 11 is 0. The summed E-state index contributed by atoms with van der Waals surface area (Å²) in [6.45, 7) is -0.289. The summed E-state index contributed by atoms with van der Waals surface area (Å²) in [4.78, 5) is 24.9. The molecule has 4 rings (SSSR count). The Balaban J connectivity index is 1.57. The highest BCUT2D eigenvalue weighted by molar-refractivity contribution is 7.89. The van der Waals surface area contributed by atoms with Crippen molar-refractivity contribution in [3.05, 3.63) is 59.1 Å². The summed E-state index contributed by atoms with van der Waals surface area (Å²) in [6, 6.07) is 13.1. The number of oxazole rings is 1. The fourth-order valence-corrected chi connectivity index (χ4v) is 5.65. The van der Waals surface area contributed by atoms with Crippen LogP contribution in [0.4, 0.5) is 5.69 Å². The number of fused-ring (bicyclic) bond motifs is 1. The molecule has 0 aliphatic heterocycles. The molecule has 0 radical (unpaired) electrons. The summed E-state index contributed by atoms with van der Waals surface area (Å²) in [6.07, 6.45) is 4.81. The van der Waals surface area contributed by atoms with Crippen molar-refractivity contribution in [2.24, 2.45) is 0 Å². The highest BCUT2D eigenvalue weighted by Crippen LogP contribution is 2.29. The number of sulfonamides is 1. The van der Waals surface area contributed by atoms with Crippen molar-refractivity contribution >= 4 is 32.7 Å². The van der Waals surface area contributed by atoms with Crippen LogP contribution < -0.4 is 11.1 Å². The fraction of sp³-hybridized carbons (Fsp3) is 0.364. The average Bonchev–Trinajstić information content (AvgIpc) is 3.09. The van der Waals surface area contributed by atoms with Crippen molar-refractivity contribution in [3.8, 4) is 0 Å². The number of anilines is 1. The Kier molecular flexibility index (Phi) is 5.97. The number of carbonyl (C=O) groups excluding carboxylic acids is 1. The van der Waals surface area contributed by atoms with Gasteiger partial charge in [0.25, 0.3) is 0 Å². The first kappa shape index (κ1) is 21.3. The molecule has 2 aromatic carbocycles. The second kappa shape index (κ2) is 8.68. The van der Waals surface area contributed by atoms with Gasteiger partial charge in [0.15, 0.2) is 5.58 Å². The molecule has 8 nitrogen and oxygen atoms in total. The maximum absolute atomic E-state index is 13.3. The molecule has 9 heteroatoms. The number of carbonyl (C=O) groups is 1.